The molecule has 1 unspecified atom stereocenters. The van der Waals surface area contributed by atoms with Crippen LogP contribution in [0.15, 0.2) is 12.3 Å². The van der Waals surface area contributed by atoms with Crippen LogP contribution in [0.5, 0.6) is 0 Å². The molecule has 0 saturated carbocycles. The van der Waals surface area contributed by atoms with Gasteiger partial charge in [0.15, 0.2) is 0 Å². The Labute approximate surface area is 112 Å². The molecule has 0 aromatic carbocycles. The van der Waals surface area contributed by atoms with Gasteiger partial charge in [0.25, 0.3) is 0 Å². The topological polar surface area (TPSA) is 25.4 Å². The number of nitrogens with zero attached hydrogens (tertiary/aromatic N) is 2. The summed E-state index contributed by atoms with van der Waals surface area (Å²) < 4.78 is 5.63. The first-order valence-electron chi connectivity index (χ1n) is 5.83. The summed E-state index contributed by atoms with van der Waals surface area (Å²) in [4.78, 5) is 6.41. The molecule has 0 bridgehead atoms. The summed E-state index contributed by atoms with van der Waals surface area (Å²) in [5, 5.41) is 1.12. The van der Waals surface area contributed by atoms with Gasteiger partial charge in [0.1, 0.15) is 5.15 Å². The lowest BCUT2D eigenvalue weighted by Crippen LogP contribution is -2.41. The Balaban J connectivity index is 2.00. The molecule has 1 fully saturated rings. The fourth-order valence-corrected chi connectivity index (χ4v) is 2.39. The van der Waals surface area contributed by atoms with E-state index in [-0.39, 0.29) is 0 Å². The standard InChI is InChI=1S/C12H16Cl2N2O/c1-2-10-8-16(3-4-17-10)7-9-6-15-12(14)5-11(9)13/h5-6,10H,2-4,7-8H2,1H3. The molecule has 0 radical (unpaired) electrons. The third-order valence-corrected chi connectivity index (χ3v) is 3.53. The summed E-state index contributed by atoms with van der Waals surface area (Å²) in [5.74, 6) is 0. The van der Waals surface area contributed by atoms with Crippen LogP contribution in [-0.4, -0.2) is 35.7 Å². The first-order chi connectivity index (χ1) is 8.19. The fourth-order valence-electron chi connectivity index (χ4n) is 1.96. The second kappa shape index (κ2) is 6.01. The van der Waals surface area contributed by atoms with Crippen LogP contribution < -0.4 is 0 Å². The highest BCUT2D eigenvalue weighted by atomic mass is 35.5. The first-order valence-corrected chi connectivity index (χ1v) is 6.58. The van der Waals surface area contributed by atoms with Crippen LogP contribution in [0.3, 0.4) is 0 Å². The number of morpholine rings is 1. The molecule has 1 atom stereocenters. The van der Waals surface area contributed by atoms with Gasteiger partial charge in [0.05, 0.1) is 12.7 Å². The van der Waals surface area contributed by atoms with Gasteiger partial charge in [-0.25, -0.2) is 4.98 Å². The number of hydrogen-bond donors (Lipinski definition) is 0. The summed E-state index contributed by atoms with van der Waals surface area (Å²) in [6.07, 6.45) is 3.13. The van der Waals surface area contributed by atoms with E-state index < -0.39 is 0 Å². The lowest BCUT2D eigenvalue weighted by Gasteiger charge is -2.32. The summed E-state index contributed by atoms with van der Waals surface area (Å²) in [6, 6.07) is 1.69. The van der Waals surface area contributed by atoms with Crippen molar-refractivity contribution in [3.8, 4) is 0 Å². The molecule has 1 saturated heterocycles. The molecule has 0 N–H and O–H groups in total. The van der Waals surface area contributed by atoms with Crippen LogP contribution in [0.4, 0.5) is 0 Å². The maximum Gasteiger partial charge on any atom is 0.130 e. The van der Waals surface area contributed by atoms with E-state index in [2.05, 4.69) is 16.8 Å². The summed E-state index contributed by atoms with van der Waals surface area (Å²) in [7, 11) is 0. The summed E-state index contributed by atoms with van der Waals surface area (Å²) in [5.41, 5.74) is 1.02. The number of rotatable bonds is 3. The van der Waals surface area contributed by atoms with E-state index in [0.29, 0.717) is 16.3 Å². The Morgan fingerprint density at radius 1 is 1.53 bits per heavy atom. The van der Waals surface area contributed by atoms with Gasteiger partial charge in [-0.1, -0.05) is 30.1 Å². The maximum absolute atomic E-state index is 6.14. The van der Waals surface area contributed by atoms with Crippen molar-refractivity contribution in [1.82, 2.24) is 9.88 Å². The van der Waals surface area contributed by atoms with Crippen molar-refractivity contribution in [2.24, 2.45) is 0 Å². The molecule has 17 heavy (non-hydrogen) atoms. The number of pyridine rings is 1. The van der Waals surface area contributed by atoms with Gasteiger partial charge < -0.3 is 4.74 Å². The molecule has 2 rings (SSSR count). The summed E-state index contributed by atoms with van der Waals surface area (Å²) in [6.45, 7) is 5.63. The minimum Gasteiger partial charge on any atom is -0.376 e. The molecule has 1 aromatic heterocycles. The third-order valence-electron chi connectivity index (χ3n) is 2.97. The van der Waals surface area contributed by atoms with Crippen molar-refractivity contribution in [1.29, 1.82) is 0 Å². The highest BCUT2D eigenvalue weighted by molar-refractivity contribution is 6.34. The molecule has 2 heterocycles. The summed E-state index contributed by atoms with van der Waals surface area (Å²) >= 11 is 11.9. The Hall–Kier alpha value is -0.350. The van der Waals surface area contributed by atoms with Crippen molar-refractivity contribution in [3.05, 3.63) is 28.0 Å². The van der Waals surface area contributed by atoms with Crippen LogP contribution in [-0.2, 0) is 11.3 Å². The second-order valence-corrected chi connectivity index (χ2v) is 5.03. The van der Waals surface area contributed by atoms with Crippen LogP contribution in [0, 0.1) is 0 Å². The van der Waals surface area contributed by atoms with E-state index in [1.54, 1.807) is 12.3 Å². The molecule has 0 spiro atoms. The minimum absolute atomic E-state index is 0.336. The van der Waals surface area contributed by atoms with Crippen LogP contribution in [0.1, 0.15) is 18.9 Å². The highest BCUT2D eigenvalue weighted by Crippen LogP contribution is 2.21. The van der Waals surface area contributed by atoms with E-state index in [9.17, 15) is 0 Å². The van der Waals surface area contributed by atoms with Gasteiger partial charge in [-0.3, -0.25) is 4.90 Å². The van der Waals surface area contributed by atoms with Gasteiger partial charge in [-0.05, 0) is 12.5 Å². The molecule has 3 nitrogen and oxygen atoms in total. The zero-order valence-corrected chi connectivity index (χ0v) is 11.3. The predicted molar refractivity (Wildman–Crippen MR) is 69.6 cm³/mol. The number of ether oxygens (including phenoxy) is 1. The second-order valence-electron chi connectivity index (χ2n) is 4.23. The van der Waals surface area contributed by atoms with Crippen molar-refractivity contribution in [2.75, 3.05) is 19.7 Å². The van der Waals surface area contributed by atoms with Crippen LogP contribution in [0.25, 0.3) is 0 Å². The Bertz CT molecular complexity index is 387. The van der Waals surface area contributed by atoms with Gasteiger partial charge in [0, 0.05) is 36.4 Å². The Morgan fingerprint density at radius 3 is 3.06 bits per heavy atom. The fraction of sp³-hybridized carbons (Fsp3) is 0.583. The van der Waals surface area contributed by atoms with Crippen molar-refractivity contribution < 1.29 is 4.74 Å². The molecule has 0 amide bonds. The van der Waals surface area contributed by atoms with Crippen LogP contribution >= 0.6 is 23.2 Å². The number of halogens is 2. The largest absolute Gasteiger partial charge is 0.376 e. The number of hydrogen-bond acceptors (Lipinski definition) is 3. The first kappa shape index (κ1) is 13.1. The average Bonchev–Trinajstić information content (AvgIpc) is 2.33. The Kier molecular flexibility index (Phi) is 4.62. The Morgan fingerprint density at radius 2 is 2.35 bits per heavy atom. The van der Waals surface area contributed by atoms with E-state index in [1.165, 1.54) is 0 Å². The third kappa shape index (κ3) is 3.55. The molecule has 1 aromatic rings. The molecule has 5 heteroatoms. The SMILES string of the molecule is CCC1CN(Cc2cnc(Cl)cc2Cl)CCO1. The normalized spacial score (nSPS) is 21.7. The highest BCUT2D eigenvalue weighted by Gasteiger charge is 2.19. The molecule has 1 aliphatic heterocycles. The van der Waals surface area contributed by atoms with E-state index in [4.69, 9.17) is 27.9 Å². The molecule has 1 aliphatic rings. The maximum atomic E-state index is 6.14. The zero-order valence-electron chi connectivity index (χ0n) is 9.83. The minimum atomic E-state index is 0.336. The van der Waals surface area contributed by atoms with E-state index in [1.807, 2.05) is 0 Å². The molecular formula is C12H16Cl2N2O. The smallest absolute Gasteiger partial charge is 0.130 e. The molecule has 94 valence electrons. The average molecular weight is 275 g/mol. The quantitative estimate of drug-likeness (QED) is 0.793. The molecular weight excluding hydrogens is 259 g/mol. The monoisotopic (exact) mass is 274 g/mol. The lowest BCUT2D eigenvalue weighted by atomic mass is 10.2. The van der Waals surface area contributed by atoms with Crippen LogP contribution in [0.2, 0.25) is 10.2 Å². The lowest BCUT2D eigenvalue weighted by molar-refractivity contribution is -0.0324. The predicted octanol–water partition coefficient (Wildman–Crippen LogP) is 3.00. The van der Waals surface area contributed by atoms with Crippen molar-refractivity contribution in [3.63, 3.8) is 0 Å². The number of aromatic nitrogens is 1. The van der Waals surface area contributed by atoms with Gasteiger partial charge >= 0.3 is 0 Å². The van der Waals surface area contributed by atoms with Gasteiger partial charge in [-0.15, -0.1) is 0 Å². The molecule has 0 aliphatic carbocycles. The van der Waals surface area contributed by atoms with Gasteiger partial charge in [0.2, 0.25) is 0 Å². The van der Waals surface area contributed by atoms with Crippen molar-refractivity contribution >= 4 is 23.2 Å². The van der Waals surface area contributed by atoms with E-state index >= 15 is 0 Å². The van der Waals surface area contributed by atoms with Crippen molar-refractivity contribution in [2.45, 2.75) is 26.0 Å². The van der Waals surface area contributed by atoms with Gasteiger partial charge in [-0.2, -0.15) is 0 Å². The van der Waals surface area contributed by atoms with E-state index in [0.717, 1.165) is 38.2 Å². The zero-order chi connectivity index (χ0) is 12.3.